The van der Waals surface area contributed by atoms with Crippen LogP contribution in [0.25, 0.3) is 31.7 Å². The van der Waals surface area contributed by atoms with Crippen molar-refractivity contribution in [3.05, 3.63) is 66.2 Å². The number of nitrogens with zero attached hydrogens (tertiary/aromatic N) is 2. The summed E-state index contributed by atoms with van der Waals surface area (Å²) in [6, 6.07) is 11.4. The van der Waals surface area contributed by atoms with Crippen molar-refractivity contribution in [3.63, 3.8) is 0 Å². The maximum atomic E-state index is 14.7. The highest BCUT2D eigenvalue weighted by molar-refractivity contribution is 9.11. The van der Waals surface area contributed by atoms with E-state index in [1.807, 2.05) is 36.4 Å². The third-order valence-electron chi connectivity index (χ3n) is 9.92. The first-order valence-corrected chi connectivity index (χ1v) is 20.3. The number of amides is 4. The summed E-state index contributed by atoms with van der Waals surface area (Å²) in [4.78, 5) is 62.9. The van der Waals surface area contributed by atoms with Gasteiger partial charge >= 0.3 is 0 Å². The highest BCUT2D eigenvalue weighted by Crippen LogP contribution is 2.48. The van der Waals surface area contributed by atoms with Gasteiger partial charge in [-0.25, -0.2) is 0 Å². The van der Waals surface area contributed by atoms with Crippen LogP contribution in [0.5, 0.6) is 0 Å². The van der Waals surface area contributed by atoms with Crippen LogP contribution in [0.4, 0.5) is 0 Å². The summed E-state index contributed by atoms with van der Waals surface area (Å²) >= 11 is 10.1. The van der Waals surface area contributed by atoms with Gasteiger partial charge < -0.3 is 0 Å². The number of rotatable bonds is 14. The van der Waals surface area contributed by atoms with Crippen molar-refractivity contribution < 1.29 is 19.2 Å². The highest BCUT2D eigenvalue weighted by Gasteiger charge is 2.44. The lowest BCUT2D eigenvalue weighted by Crippen LogP contribution is -2.46. The van der Waals surface area contributed by atoms with E-state index in [9.17, 15) is 19.2 Å². The largest absolute Gasteiger partial charge is 0.274 e. The Morgan fingerprint density at radius 1 is 0.583 bits per heavy atom. The van der Waals surface area contributed by atoms with E-state index >= 15 is 0 Å². The number of thiophene rings is 2. The molecule has 252 valence electrons. The second kappa shape index (κ2) is 14.7. The van der Waals surface area contributed by atoms with Crippen LogP contribution in [0, 0.1) is 11.8 Å². The Bertz CT molecular complexity index is 1790. The van der Waals surface area contributed by atoms with Crippen LogP contribution >= 0.6 is 54.5 Å². The Hall–Kier alpha value is -2.66. The van der Waals surface area contributed by atoms with Crippen LogP contribution in [-0.2, 0) is 0 Å². The first-order chi connectivity index (χ1) is 23.1. The molecule has 0 saturated heterocycles. The molecule has 0 fully saturated rings. The molecule has 2 aliphatic heterocycles. The first kappa shape index (κ1) is 35.2. The molecule has 6 rings (SSSR count). The van der Waals surface area contributed by atoms with Gasteiger partial charge in [-0.1, -0.05) is 66.2 Å². The third kappa shape index (κ3) is 6.27. The maximum absolute atomic E-state index is 14.7. The van der Waals surface area contributed by atoms with Gasteiger partial charge in [0.1, 0.15) is 0 Å². The summed E-state index contributed by atoms with van der Waals surface area (Å²) in [5, 5.41) is 0.849. The number of hydrogen-bond acceptors (Lipinski definition) is 6. The minimum atomic E-state index is -0.366. The standard InChI is InChI=1S/C38H40Br2N2O4S2/c1-5-9-11-21(7-3)19-41-35(43)25-17-24(28-14-16-30(40)48-28)34-32-26(36(44)42(38(34)46)20-22(8-4)12-10-6-2)18-23(27-13-15-29(39)47-27)33(31(25)32)37(41)45/h13-18,21-22H,5-12,19-20H2,1-4H3. The van der Waals surface area contributed by atoms with Crippen molar-refractivity contribution in [2.75, 3.05) is 13.1 Å². The fourth-order valence-electron chi connectivity index (χ4n) is 7.15. The van der Waals surface area contributed by atoms with Gasteiger partial charge in [-0.05, 0) is 92.9 Å². The molecule has 0 aliphatic carbocycles. The lowest BCUT2D eigenvalue weighted by molar-refractivity contribution is 0.0559. The number of carbonyl (C=O) groups excluding carboxylic acids is 4. The molecule has 2 aromatic heterocycles. The molecular weight excluding hydrogens is 772 g/mol. The predicted octanol–water partition coefficient (Wildman–Crippen LogP) is 11.4. The van der Waals surface area contributed by atoms with E-state index in [1.54, 1.807) is 0 Å². The Labute approximate surface area is 307 Å². The molecule has 4 heterocycles. The SMILES string of the molecule is CCCCC(CC)CN1C(=O)c2cc(-c3ccc(Br)s3)c3c4c(cc(-c5ccc(Br)s5)c(c24)C1=O)C(=O)N(CC(CC)CCCC)C3=O. The second-order valence-corrected chi connectivity index (χ2v) is 17.9. The van der Waals surface area contributed by atoms with Crippen LogP contribution in [0.2, 0.25) is 0 Å². The van der Waals surface area contributed by atoms with Crippen LogP contribution in [0.15, 0.2) is 44.0 Å². The van der Waals surface area contributed by atoms with E-state index in [0.29, 0.717) is 57.2 Å². The highest BCUT2D eigenvalue weighted by atomic mass is 79.9. The van der Waals surface area contributed by atoms with E-state index in [2.05, 4.69) is 59.6 Å². The molecule has 48 heavy (non-hydrogen) atoms. The number of benzene rings is 2. The molecule has 4 amide bonds. The summed E-state index contributed by atoms with van der Waals surface area (Å²) in [6.07, 6.45) is 7.70. The smallest absolute Gasteiger partial charge is 0.262 e. The summed E-state index contributed by atoms with van der Waals surface area (Å²) in [5.41, 5.74) is 2.78. The molecule has 6 nitrogen and oxygen atoms in total. The maximum Gasteiger partial charge on any atom is 0.262 e. The van der Waals surface area contributed by atoms with Crippen LogP contribution in [0.3, 0.4) is 0 Å². The van der Waals surface area contributed by atoms with Gasteiger partial charge in [0.2, 0.25) is 0 Å². The number of imide groups is 2. The first-order valence-electron chi connectivity index (χ1n) is 17.0. The summed E-state index contributed by atoms with van der Waals surface area (Å²) in [6.45, 7) is 9.16. The summed E-state index contributed by atoms with van der Waals surface area (Å²) < 4.78 is 1.79. The number of hydrogen-bond donors (Lipinski definition) is 0. The lowest BCUT2D eigenvalue weighted by atomic mass is 9.80. The summed E-state index contributed by atoms with van der Waals surface area (Å²) in [5.74, 6) is -1.10. The minimum Gasteiger partial charge on any atom is -0.274 e. The van der Waals surface area contributed by atoms with Gasteiger partial charge in [0.15, 0.2) is 0 Å². The number of halogens is 2. The van der Waals surface area contributed by atoms with Crippen LogP contribution in [0.1, 0.15) is 120 Å². The van der Waals surface area contributed by atoms with Crippen molar-refractivity contribution in [1.82, 2.24) is 9.80 Å². The van der Waals surface area contributed by atoms with Gasteiger partial charge in [-0.2, -0.15) is 0 Å². The fourth-order valence-corrected chi connectivity index (χ4v) is 9.97. The molecule has 0 N–H and O–H groups in total. The van der Waals surface area contributed by atoms with Gasteiger partial charge in [0.25, 0.3) is 23.6 Å². The number of carbonyl (C=O) groups is 4. The zero-order chi connectivity index (χ0) is 34.3. The third-order valence-corrected chi connectivity index (χ3v) is 13.2. The predicted molar refractivity (Wildman–Crippen MR) is 203 cm³/mol. The van der Waals surface area contributed by atoms with Gasteiger partial charge in [0.05, 0.1) is 18.7 Å². The Morgan fingerprint density at radius 3 is 1.29 bits per heavy atom. The van der Waals surface area contributed by atoms with Crippen molar-refractivity contribution in [3.8, 4) is 20.9 Å². The molecule has 10 heteroatoms. The monoisotopic (exact) mass is 810 g/mol. The topological polar surface area (TPSA) is 74.8 Å². The van der Waals surface area contributed by atoms with Crippen molar-refractivity contribution in [1.29, 1.82) is 0 Å². The van der Waals surface area contributed by atoms with Crippen LogP contribution < -0.4 is 0 Å². The molecule has 0 saturated carbocycles. The average molecular weight is 813 g/mol. The molecule has 2 unspecified atom stereocenters. The number of unbranched alkanes of at least 4 members (excludes halogenated alkanes) is 2. The molecular formula is C38H40Br2N2O4S2. The second-order valence-electron chi connectivity index (χ2n) is 12.9. The van der Waals surface area contributed by atoms with Crippen LogP contribution in [-0.4, -0.2) is 46.5 Å². The van der Waals surface area contributed by atoms with Crippen molar-refractivity contribution in [2.24, 2.45) is 11.8 Å². The molecule has 2 aliphatic rings. The van der Waals surface area contributed by atoms with Crippen molar-refractivity contribution in [2.45, 2.75) is 79.1 Å². The zero-order valence-corrected chi connectivity index (χ0v) is 32.6. The normalized spacial score (nSPS) is 15.6. The molecule has 2 atom stereocenters. The van der Waals surface area contributed by atoms with Gasteiger partial charge in [-0.3, -0.25) is 29.0 Å². The molecule has 4 aromatic rings. The summed E-state index contributed by atoms with van der Waals surface area (Å²) in [7, 11) is 0. The zero-order valence-electron chi connectivity index (χ0n) is 27.8. The Kier molecular flexibility index (Phi) is 10.8. The fraction of sp³-hybridized carbons (Fsp3) is 0.421. The van der Waals surface area contributed by atoms with Crippen molar-refractivity contribution >= 4 is 88.9 Å². The molecule has 2 aromatic carbocycles. The van der Waals surface area contributed by atoms with E-state index in [1.165, 1.54) is 32.5 Å². The molecule has 0 radical (unpaired) electrons. The van der Waals surface area contributed by atoms with Gasteiger partial charge in [0, 0.05) is 55.9 Å². The average Bonchev–Trinajstić information content (AvgIpc) is 3.72. The lowest BCUT2D eigenvalue weighted by Gasteiger charge is -2.36. The van der Waals surface area contributed by atoms with E-state index in [-0.39, 0.29) is 35.5 Å². The van der Waals surface area contributed by atoms with E-state index < -0.39 is 0 Å². The van der Waals surface area contributed by atoms with E-state index in [4.69, 9.17) is 0 Å². The Morgan fingerprint density at radius 2 is 0.979 bits per heavy atom. The van der Waals surface area contributed by atoms with Gasteiger partial charge in [-0.15, -0.1) is 22.7 Å². The van der Waals surface area contributed by atoms with E-state index in [0.717, 1.165) is 68.7 Å². The molecule has 0 bridgehead atoms. The minimum absolute atomic E-state index is 0.176. The molecule has 0 spiro atoms. The Balaban J connectivity index is 1.64. The quantitative estimate of drug-likeness (QED) is 0.119.